The zero-order valence-electron chi connectivity index (χ0n) is 17.5. The first kappa shape index (κ1) is 22.0. The first-order valence-corrected chi connectivity index (χ1v) is 11.5. The molecule has 1 aromatic carbocycles. The summed E-state index contributed by atoms with van der Waals surface area (Å²) >= 11 is 5.69. The fourth-order valence-corrected chi connectivity index (χ4v) is 4.88. The van der Waals surface area contributed by atoms with Gasteiger partial charge in [-0.15, -0.1) is 0 Å². The van der Waals surface area contributed by atoms with Crippen molar-refractivity contribution in [2.45, 2.75) is 83.3 Å². The van der Waals surface area contributed by atoms with Gasteiger partial charge in [-0.25, -0.2) is 4.39 Å². The smallest absolute Gasteiger partial charge is 0.239 e. The van der Waals surface area contributed by atoms with E-state index in [-0.39, 0.29) is 24.3 Å². The molecule has 2 N–H and O–H groups in total. The highest BCUT2D eigenvalue weighted by atomic mass is 32.1. The number of nitrogens with zero attached hydrogens (tertiary/aromatic N) is 1. The van der Waals surface area contributed by atoms with Gasteiger partial charge in [0.15, 0.2) is 5.11 Å². The summed E-state index contributed by atoms with van der Waals surface area (Å²) in [4.78, 5) is 14.7. The Morgan fingerprint density at radius 3 is 2.41 bits per heavy atom. The number of rotatable bonds is 6. The molecular weight excluding hydrogens is 385 g/mol. The van der Waals surface area contributed by atoms with Crippen LogP contribution in [-0.4, -0.2) is 34.5 Å². The number of thiocarbonyl (C=S) groups is 1. The molecule has 3 rings (SSSR count). The maximum atomic E-state index is 13.3. The van der Waals surface area contributed by atoms with Crippen LogP contribution in [-0.2, 0) is 11.3 Å². The first-order valence-electron chi connectivity index (χ1n) is 11.1. The molecule has 0 bridgehead atoms. The van der Waals surface area contributed by atoms with Gasteiger partial charge in [0.05, 0.1) is 6.54 Å². The second kappa shape index (κ2) is 10.9. The Balaban J connectivity index is 1.56. The highest BCUT2D eigenvalue weighted by Crippen LogP contribution is 2.25. The van der Waals surface area contributed by atoms with E-state index in [2.05, 4.69) is 22.5 Å². The molecule has 6 heteroatoms. The summed E-state index contributed by atoms with van der Waals surface area (Å²) in [7, 11) is 0. The molecule has 2 aliphatic carbocycles. The molecule has 29 heavy (non-hydrogen) atoms. The summed E-state index contributed by atoms with van der Waals surface area (Å²) in [6.45, 7) is 3.06. The van der Waals surface area contributed by atoms with Crippen LogP contribution in [0.15, 0.2) is 24.3 Å². The van der Waals surface area contributed by atoms with E-state index in [1.807, 2.05) is 12.1 Å². The zero-order valence-corrected chi connectivity index (χ0v) is 18.3. The van der Waals surface area contributed by atoms with Gasteiger partial charge in [0.1, 0.15) is 5.82 Å². The summed E-state index contributed by atoms with van der Waals surface area (Å²) in [5, 5.41) is 6.98. The highest BCUT2D eigenvalue weighted by Gasteiger charge is 2.25. The third-order valence-corrected chi connectivity index (χ3v) is 6.78. The van der Waals surface area contributed by atoms with Crippen molar-refractivity contribution in [2.75, 3.05) is 6.54 Å². The van der Waals surface area contributed by atoms with E-state index in [9.17, 15) is 9.18 Å². The lowest BCUT2D eigenvalue weighted by molar-refractivity contribution is -0.121. The fraction of sp³-hybridized carbons (Fsp3) is 0.652. The molecule has 0 aliphatic heterocycles. The van der Waals surface area contributed by atoms with Gasteiger partial charge in [-0.1, -0.05) is 51.2 Å². The van der Waals surface area contributed by atoms with Crippen molar-refractivity contribution in [1.29, 1.82) is 0 Å². The van der Waals surface area contributed by atoms with Crippen molar-refractivity contribution in [2.24, 2.45) is 5.92 Å². The number of carbonyl (C=O) groups is 1. The normalized spacial score (nSPS) is 22.7. The fourth-order valence-electron chi connectivity index (χ4n) is 4.59. The Morgan fingerprint density at radius 2 is 1.72 bits per heavy atom. The summed E-state index contributed by atoms with van der Waals surface area (Å²) in [6.07, 6.45) is 10.6. The standard InChI is InChI=1S/C23H34FN3OS/c1-17-7-5-6-10-21(17)26-22(28)15-25-23(29)27(20-8-3-2-4-9-20)16-18-11-13-19(24)14-12-18/h11-14,17,20-21H,2-10,15-16H2,1H3,(H,25,29)(H,26,28)/t17-,21-/m0/s1. The van der Waals surface area contributed by atoms with E-state index in [1.54, 1.807) is 0 Å². The van der Waals surface area contributed by atoms with Crippen LogP contribution in [0.4, 0.5) is 4.39 Å². The molecule has 2 atom stereocenters. The van der Waals surface area contributed by atoms with Gasteiger partial charge in [0.25, 0.3) is 0 Å². The van der Waals surface area contributed by atoms with Crippen molar-refractivity contribution in [1.82, 2.24) is 15.5 Å². The molecule has 0 heterocycles. The minimum atomic E-state index is -0.229. The lowest BCUT2D eigenvalue weighted by Gasteiger charge is -2.36. The Labute approximate surface area is 179 Å². The lowest BCUT2D eigenvalue weighted by Crippen LogP contribution is -2.50. The van der Waals surface area contributed by atoms with Crippen molar-refractivity contribution >= 4 is 23.2 Å². The summed E-state index contributed by atoms with van der Waals surface area (Å²) in [5.74, 6) is 0.320. The maximum absolute atomic E-state index is 13.3. The third kappa shape index (κ3) is 6.66. The maximum Gasteiger partial charge on any atom is 0.239 e. The van der Waals surface area contributed by atoms with Crippen molar-refractivity contribution in [3.63, 3.8) is 0 Å². The number of halogens is 1. The van der Waals surface area contributed by atoms with E-state index >= 15 is 0 Å². The van der Waals surface area contributed by atoms with Crippen LogP contribution < -0.4 is 10.6 Å². The number of hydrogen-bond acceptors (Lipinski definition) is 2. The largest absolute Gasteiger partial charge is 0.353 e. The Bertz CT molecular complexity index is 675. The third-order valence-electron chi connectivity index (χ3n) is 6.40. The average Bonchev–Trinajstić information content (AvgIpc) is 2.74. The molecule has 0 aromatic heterocycles. The molecule has 1 aromatic rings. The second-order valence-electron chi connectivity index (χ2n) is 8.64. The monoisotopic (exact) mass is 419 g/mol. The summed E-state index contributed by atoms with van der Waals surface area (Å²) in [6, 6.07) is 7.25. The van der Waals surface area contributed by atoms with Crippen LogP contribution in [0.3, 0.4) is 0 Å². The predicted octanol–water partition coefficient (Wildman–Crippen LogP) is 4.53. The zero-order chi connectivity index (χ0) is 20.6. The number of hydrogen-bond donors (Lipinski definition) is 2. The van der Waals surface area contributed by atoms with E-state index in [0.717, 1.165) is 24.8 Å². The number of amides is 1. The van der Waals surface area contributed by atoms with Crippen molar-refractivity contribution < 1.29 is 9.18 Å². The van der Waals surface area contributed by atoms with Gasteiger partial charge in [-0.05, 0) is 61.5 Å². The van der Waals surface area contributed by atoms with Crippen molar-refractivity contribution in [3.8, 4) is 0 Å². The van der Waals surface area contributed by atoms with Crippen LogP contribution in [0.25, 0.3) is 0 Å². The molecule has 0 radical (unpaired) electrons. The SMILES string of the molecule is C[C@H]1CCCC[C@@H]1NC(=O)CNC(=S)N(Cc1ccc(F)cc1)C1CCCCC1. The molecule has 4 nitrogen and oxygen atoms in total. The van der Waals surface area contributed by atoms with Gasteiger partial charge < -0.3 is 15.5 Å². The van der Waals surface area contributed by atoms with Crippen molar-refractivity contribution in [3.05, 3.63) is 35.6 Å². The van der Waals surface area contributed by atoms with E-state index < -0.39 is 0 Å². The van der Waals surface area contributed by atoms with Crippen LogP contribution >= 0.6 is 12.2 Å². The van der Waals surface area contributed by atoms with E-state index in [4.69, 9.17) is 12.2 Å². The quantitative estimate of drug-likeness (QED) is 0.665. The molecule has 1 amide bonds. The Morgan fingerprint density at radius 1 is 1.07 bits per heavy atom. The average molecular weight is 420 g/mol. The Kier molecular flexibility index (Phi) is 8.28. The summed E-state index contributed by atoms with van der Waals surface area (Å²) in [5.41, 5.74) is 1.03. The minimum Gasteiger partial charge on any atom is -0.353 e. The number of benzene rings is 1. The van der Waals surface area contributed by atoms with Gasteiger partial charge in [-0.3, -0.25) is 4.79 Å². The second-order valence-corrected chi connectivity index (χ2v) is 9.03. The summed E-state index contributed by atoms with van der Waals surface area (Å²) < 4.78 is 13.3. The Hall–Kier alpha value is -1.69. The van der Waals surface area contributed by atoms with Crippen LogP contribution in [0.2, 0.25) is 0 Å². The molecule has 0 unspecified atom stereocenters. The molecule has 0 saturated heterocycles. The van der Waals surface area contributed by atoms with E-state index in [1.165, 1.54) is 50.7 Å². The van der Waals surface area contributed by atoms with Gasteiger partial charge in [0, 0.05) is 18.6 Å². The molecular formula is C23H34FN3OS. The lowest BCUT2D eigenvalue weighted by atomic mass is 9.86. The predicted molar refractivity (Wildman–Crippen MR) is 119 cm³/mol. The number of carbonyl (C=O) groups excluding carboxylic acids is 1. The molecule has 2 aliphatic rings. The van der Waals surface area contributed by atoms with Crippen LogP contribution in [0.1, 0.15) is 70.3 Å². The minimum absolute atomic E-state index is 0.0106. The highest BCUT2D eigenvalue weighted by molar-refractivity contribution is 7.80. The van der Waals surface area contributed by atoms with Gasteiger partial charge in [-0.2, -0.15) is 0 Å². The molecule has 0 spiro atoms. The topological polar surface area (TPSA) is 44.4 Å². The van der Waals surface area contributed by atoms with Crippen LogP contribution in [0, 0.1) is 11.7 Å². The number of nitrogens with one attached hydrogen (secondary N) is 2. The molecule has 2 fully saturated rings. The molecule has 160 valence electrons. The van der Waals surface area contributed by atoms with E-state index in [0.29, 0.717) is 23.6 Å². The van der Waals surface area contributed by atoms with Gasteiger partial charge in [0.2, 0.25) is 5.91 Å². The van der Waals surface area contributed by atoms with Gasteiger partial charge >= 0.3 is 0 Å². The van der Waals surface area contributed by atoms with Crippen LogP contribution in [0.5, 0.6) is 0 Å². The first-order chi connectivity index (χ1) is 14.0. The molecule has 2 saturated carbocycles.